The highest BCUT2D eigenvalue weighted by Gasteiger charge is 2.20. The first-order chi connectivity index (χ1) is 8.95. The van der Waals surface area contributed by atoms with Gasteiger partial charge in [-0.3, -0.25) is 0 Å². The summed E-state index contributed by atoms with van der Waals surface area (Å²) in [7, 11) is 1.22. The molecular weight excluding hydrogens is 251 g/mol. The molecule has 4 nitrogen and oxygen atoms in total. The predicted molar refractivity (Wildman–Crippen MR) is 66.9 cm³/mol. The molecule has 0 saturated carbocycles. The highest BCUT2D eigenvalue weighted by molar-refractivity contribution is 6.09. The Hall–Kier alpha value is -2.43. The Labute approximate surface area is 108 Å². The van der Waals surface area contributed by atoms with E-state index in [4.69, 9.17) is 0 Å². The molecule has 5 heteroatoms. The minimum absolute atomic E-state index is 0.0857. The lowest BCUT2D eigenvalue weighted by Crippen LogP contribution is -2.10. The maximum absolute atomic E-state index is 13.3. The maximum atomic E-state index is 13.3. The fourth-order valence-electron chi connectivity index (χ4n) is 2.07. The minimum atomic E-state index is -1.21. The lowest BCUT2D eigenvalue weighted by atomic mass is 9.95. The number of carboxylic acid groups (broad SMARTS) is 1. The molecule has 0 aliphatic rings. The van der Waals surface area contributed by atoms with Gasteiger partial charge in [-0.05, 0) is 41.5 Å². The second kappa shape index (κ2) is 4.68. The summed E-state index contributed by atoms with van der Waals surface area (Å²) in [6.07, 6.45) is 0. The van der Waals surface area contributed by atoms with Gasteiger partial charge in [0.1, 0.15) is 5.82 Å². The molecule has 2 aromatic rings. The first-order valence-corrected chi connectivity index (χ1v) is 5.50. The molecule has 0 saturated heterocycles. The first kappa shape index (κ1) is 13.0. The Morgan fingerprint density at radius 3 is 2.53 bits per heavy atom. The van der Waals surface area contributed by atoms with Crippen LogP contribution in [0.3, 0.4) is 0 Å². The molecule has 2 aromatic carbocycles. The molecule has 0 fully saturated rings. The fraction of sp³-hybridized carbons (Fsp3) is 0.143. The van der Waals surface area contributed by atoms with Crippen LogP contribution in [0.5, 0.6) is 0 Å². The minimum Gasteiger partial charge on any atom is -0.478 e. The quantitative estimate of drug-likeness (QED) is 0.845. The third-order valence-electron chi connectivity index (χ3n) is 2.98. The molecule has 2 rings (SSSR count). The van der Waals surface area contributed by atoms with Crippen LogP contribution in [0.25, 0.3) is 10.8 Å². The molecule has 1 N–H and O–H groups in total. The van der Waals surface area contributed by atoms with Crippen molar-refractivity contribution in [2.45, 2.75) is 6.92 Å². The molecule has 0 heterocycles. The van der Waals surface area contributed by atoms with E-state index in [0.29, 0.717) is 5.39 Å². The monoisotopic (exact) mass is 262 g/mol. The third-order valence-corrected chi connectivity index (χ3v) is 2.98. The van der Waals surface area contributed by atoms with Gasteiger partial charge in [-0.1, -0.05) is 6.07 Å². The summed E-state index contributed by atoms with van der Waals surface area (Å²) in [5, 5.41) is 10.00. The second-order valence-corrected chi connectivity index (χ2v) is 4.09. The number of esters is 1. The lowest BCUT2D eigenvalue weighted by molar-refractivity contribution is 0.0600. The van der Waals surface area contributed by atoms with Crippen LogP contribution in [0.1, 0.15) is 26.3 Å². The Bertz CT molecular complexity index is 691. The van der Waals surface area contributed by atoms with Crippen LogP contribution in [-0.2, 0) is 4.74 Å². The lowest BCUT2D eigenvalue weighted by Gasteiger charge is -2.11. The summed E-state index contributed by atoms with van der Waals surface area (Å²) in [6, 6.07) is 5.29. The van der Waals surface area contributed by atoms with Crippen molar-refractivity contribution in [1.29, 1.82) is 0 Å². The highest BCUT2D eigenvalue weighted by atomic mass is 19.1. The number of hydrogen-bond acceptors (Lipinski definition) is 3. The van der Waals surface area contributed by atoms with Crippen molar-refractivity contribution in [1.82, 2.24) is 0 Å². The summed E-state index contributed by atoms with van der Waals surface area (Å²) < 4.78 is 17.9. The number of benzene rings is 2. The topological polar surface area (TPSA) is 63.6 Å². The van der Waals surface area contributed by atoms with E-state index in [1.807, 2.05) is 0 Å². The standard InChI is InChI=1S/C14H11FO4/c1-7-10(14(18)19-2)5-8-3-4-9(15)6-11(8)12(7)13(16)17/h3-6H,1-2H3,(H,16,17). The summed E-state index contributed by atoms with van der Waals surface area (Å²) in [6.45, 7) is 1.50. The number of halogens is 1. The van der Waals surface area contributed by atoms with E-state index in [1.54, 1.807) is 0 Å². The van der Waals surface area contributed by atoms with Crippen molar-refractivity contribution in [3.8, 4) is 0 Å². The second-order valence-electron chi connectivity index (χ2n) is 4.09. The van der Waals surface area contributed by atoms with Gasteiger partial charge in [-0.25, -0.2) is 14.0 Å². The molecule has 98 valence electrons. The van der Waals surface area contributed by atoms with Crippen molar-refractivity contribution in [3.63, 3.8) is 0 Å². The van der Waals surface area contributed by atoms with Crippen LogP contribution in [0.4, 0.5) is 4.39 Å². The van der Waals surface area contributed by atoms with Crippen molar-refractivity contribution < 1.29 is 23.8 Å². The Morgan fingerprint density at radius 1 is 1.26 bits per heavy atom. The van der Waals surface area contributed by atoms with Gasteiger partial charge in [0, 0.05) is 0 Å². The maximum Gasteiger partial charge on any atom is 0.338 e. The summed E-state index contributed by atoms with van der Waals surface area (Å²) in [5.41, 5.74) is 0.342. The van der Waals surface area contributed by atoms with Crippen LogP contribution >= 0.6 is 0 Å². The molecule has 0 atom stereocenters. The molecule has 0 unspecified atom stereocenters. The van der Waals surface area contributed by atoms with Gasteiger partial charge in [0.15, 0.2) is 0 Å². The van der Waals surface area contributed by atoms with Gasteiger partial charge in [-0.2, -0.15) is 0 Å². The van der Waals surface area contributed by atoms with Crippen molar-refractivity contribution >= 4 is 22.7 Å². The van der Waals surface area contributed by atoms with E-state index in [0.717, 1.165) is 6.07 Å². The zero-order chi connectivity index (χ0) is 14.2. The highest BCUT2D eigenvalue weighted by Crippen LogP contribution is 2.27. The third kappa shape index (κ3) is 2.14. The number of methoxy groups -OCH3 is 1. The molecule has 0 aliphatic carbocycles. The van der Waals surface area contributed by atoms with Crippen molar-refractivity contribution in [2.75, 3.05) is 7.11 Å². The van der Waals surface area contributed by atoms with Crippen LogP contribution in [-0.4, -0.2) is 24.2 Å². The number of carbonyl (C=O) groups is 2. The van der Waals surface area contributed by atoms with Gasteiger partial charge in [-0.15, -0.1) is 0 Å². The molecule has 0 spiro atoms. The number of fused-ring (bicyclic) bond motifs is 1. The molecule has 19 heavy (non-hydrogen) atoms. The number of rotatable bonds is 2. The molecule has 0 radical (unpaired) electrons. The normalized spacial score (nSPS) is 10.5. The zero-order valence-corrected chi connectivity index (χ0v) is 10.4. The van der Waals surface area contributed by atoms with E-state index in [-0.39, 0.29) is 22.1 Å². The van der Waals surface area contributed by atoms with E-state index in [2.05, 4.69) is 4.74 Å². The molecule has 0 amide bonds. The predicted octanol–water partition coefficient (Wildman–Crippen LogP) is 2.77. The van der Waals surface area contributed by atoms with E-state index >= 15 is 0 Å². The van der Waals surface area contributed by atoms with Gasteiger partial charge in [0.25, 0.3) is 0 Å². The molecule has 0 bridgehead atoms. The van der Waals surface area contributed by atoms with E-state index in [1.165, 1.54) is 32.2 Å². The van der Waals surface area contributed by atoms with Crippen molar-refractivity contribution in [2.24, 2.45) is 0 Å². The Kier molecular flexibility index (Phi) is 3.21. The SMILES string of the molecule is COC(=O)c1cc2ccc(F)cc2c(C(=O)O)c1C. The molecular formula is C14H11FO4. The van der Waals surface area contributed by atoms with Crippen LogP contribution < -0.4 is 0 Å². The largest absolute Gasteiger partial charge is 0.478 e. The first-order valence-electron chi connectivity index (χ1n) is 5.50. The van der Waals surface area contributed by atoms with Gasteiger partial charge >= 0.3 is 11.9 Å². The number of aromatic carboxylic acids is 1. The van der Waals surface area contributed by atoms with Crippen molar-refractivity contribution in [3.05, 3.63) is 46.8 Å². The van der Waals surface area contributed by atoms with Gasteiger partial charge in [0.2, 0.25) is 0 Å². The van der Waals surface area contributed by atoms with Crippen LogP contribution in [0.15, 0.2) is 24.3 Å². The van der Waals surface area contributed by atoms with Gasteiger partial charge < -0.3 is 9.84 Å². The number of ether oxygens (including phenoxy) is 1. The Balaban J connectivity index is 2.90. The van der Waals surface area contributed by atoms with E-state index in [9.17, 15) is 19.1 Å². The fourth-order valence-corrected chi connectivity index (χ4v) is 2.07. The molecule has 0 aliphatic heterocycles. The average molecular weight is 262 g/mol. The van der Waals surface area contributed by atoms with Crippen LogP contribution in [0.2, 0.25) is 0 Å². The summed E-state index contributed by atoms with van der Waals surface area (Å²) in [5.74, 6) is -2.36. The zero-order valence-electron chi connectivity index (χ0n) is 10.4. The van der Waals surface area contributed by atoms with Crippen LogP contribution in [0, 0.1) is 12.7 Å². The smallest absolute Gasteiger partial charge is 0.338 e. The number of carbonyl (C=O) groups excluding carboxylic acids is 1. The summed E-state index contributed by atoms with van der Waals surface area (Å²) in [4.78, 5) is 23.0. The molecule has 0 aromatic heterocycles. The van der Waals surface area contributed by atoms with E-state index < -0.39 is 17.8 Å². The number of carboxylic acids is 1. The Morgan fingerprint density at radius 2 is 1.95 bits per heavy atom. The average Bonchev–Trinajstić information content (AvgIpc) is 2.36. The number of hydrogen-bond donors (Lipinski definition) is 1. The summed E-state index contributed by atoms with van der Waals surface area (Å²) >= 11 is 0. The van der Waals surface area contributed by atoms with Gasteiger partial charge in [0.05, 0.1) is 18.2 Å².